The van der Waals surface area contributed by atoms with E-state index in [2.05, 4.69) is 21.9 Å². The average molecular weight is 358 g/mol. The van der Waals surface area contributed by atoms with Gasteiger partial charge in [0.2, 0.25) is 0 Å². The number of ether oxygens (including phenoxy) is 2. The Hall–Kier alpha value is -1.59. The lowest BCUT2D eigenvalue weighted by atomic mass is 9.75. The Kier molecular flexibility index (Phi) is 4.48. The molecule has 0 aliphatic carbocycles. The molecule has 0 unspecified atom stereocenters. The van der Waals surface area contributed by atoms with Crippen molar-refractivity contribution in [1.29, 1.82) is 0 Å². The van der Waals surface area contributed by atoms with Crippen LogP contribution in [0.5, 0.6) is 5.75 Å². The summed E-state index contributed by atoms with van der Waals surface area (Å²) < 4.78 is 10.8. The molecule has 3 atom stereocenters. The predicted octanol–water partition coefficient (Wildman–Crippen LogP) is 2.51. The van der Waals surface area contributed by atoms with E-state index in [9.17, 15) is 4.79 Å². The highest BCUT2D eigenvalue weighted by Crippen LogP contribution is 2.47. The highest BCUT2D eigenvalue weighted by Gasteiger charge is 2.56. The van der Waals surface area contributed by atoms with Gasteiger partial charge in [-0.1, -0.05) is 12.1 Å². The van der Waals surface area contributed by atoms with E-state index in [-0.39, 0.29) is 5.91 Å². The second kappa shape index (κ2) is 6.54. The Morgan fingerprint density at radius 3 is 2.31 bits per heavy atom. The van der Waals surface area contributed by atoms with Crippen molar-refractivity contribution in [3.05, 3.63) is 29.8 Å². The Balaban J connectivity index is 1.68. The van der Waals surface area contributed by atoms with Gasteiger partial charge < -0.3 is 14.4 Å². The molecule has 26 heavy (non-hydrogen) atoms. The first kappa shape index (κ1) is 17.8. The first-order valence-electron chi connectivity index (χ1n) is 9.70. The number of nitrogens with zero attached hydrogens (tertiary/aromatic N) is 2. The maximum atomic E-state index is 13.3. The minimum Gasteiger partial charge on any atom is -0.497 e. The van der Waals surface area contributed by atoms with Crippen LogP contribution in [0.15, 0.2) is 24.3 Å². The van der Waals surface area contributed by atoms with E-state index in [1.807, 2.05) is 26.0 Å². The van der Waals surface area contributed by atoms with Gasteiger partial charge in [0.15, 0.2) is 0 Å². The molecule has 4 aliphatic rings. The number of carbonyl (C=O) groups is 1. The second-order valence-corrected chi connectivity index (χ2v) is 8.41. The Morgan fingerprint density at radius 2 is 1.73 bits per heavy atom. The lowest BCUT2D eigenvalue weighted by Gasteiger charge is -2.51. The summed E-state index contributed by atoms with van der Waals surface area (Å²) in [7, 11) is 3.32. The fraction of sp³-hybridized carbons (Fsp3) is 0.667. The summed E-state index contributed by atoms with van der Waals surface area (Å²) in [4.78, 5) is 18.0. The molecule has 0 N–H and O–H groups in total. The fourth-order valence-corrected chi connectivity index (χ4v) is 5.23. The molecular weight excluding hydrogens is 328 g/mol. The maximum Gasteiger partial charge on any atom is 0.254 e. The van der Waals surface area contributed by atoms with Gasteiger partial charge in [0.05, 0.1) is 13.2 Å². The van der Waals surface area contributed by atoms with Crippen LogP contribution in [0.25, 0.3) is 0 Å². The van der Waals surface area contributed by atoms with Crippen molar-refractivity contribution in [3.8, 4) is 5.75 Å². The maximum absolute atomic E-state index is 13.3. The van der Waals surface area contributed by atoms with E-state index >= 15 is 0 Å². The SMILES string of the molecule is COc1ccc([C@@H]2CN(C(=O)C(C)(C)OC)[C@@H]3C4CCN(CC4)[C@@H]32)cc1. The van der Waals surface area contributed by atoms with E-state index in [0.29, 0.717) is 23.9 Å². The average Bonchev–Trinajstić information content (AvgIpc) is 3.11. The number of methoxy groups -OCH3 is 2. The van der Waals surface area contributed by atoms with Crippen molar-refractivity contribution in [3.63, 3.8) is 0 Å². The van der Waals surface area contributed by atoms with Crippen LogP contribution in [0.2, 0.25) is 0 Å². The summed E-state index contributed by atoms with van der Waals surface area (Å²) in [5, 5.41) is 0. The van der Waals surface area contributed by atoms with Crippen LogP contribution in [0, 0.1) is 5.92 Å². The number of piperidine rings is 3. The van der Waals surface area contributed by atoms with Gasteiger partial charge in [-0.3, -0.25) is 9.69 Å². The minimum absolute atomic E-state index is 0.125. The monoisotopic (exact) mass is 358 g/mol. The molecule has 0 saturated carbocycles. The molecular formula is C21H30N2O3. The van der Waals surface area contributed by atoms with Crippen molar-refractivity contribution < 1.29 is 14.3 Å². The number of likely N-dealkylation sites (tertiary alicyclic amines) is 1. The Bertz CT molecular complexity index is 664. The van der Waals surface area contributed by atoms with Crippen molar-refractivity contribution in [1.82, 2.24) is 9.80 Å². The van der Waals surface area contributed by atoms with Crippen molar-refractivity contribution in [2.75, 3.05) is 33.9 Å². The van der Waals surface area contributed by atoms with Crippen LogP contribution in [0.3, 0.4) is 0 Å². The van der Waals surface area contributed by atoms with Crippen LogP contribution < -0.4 is 4.74 Å². The molecule has 4 saturated heterocycles. The highest BCUT2D eigenvalue weighted by atomic mass is 16.5. The number of benzene rings is 1. The molecule has 0 aromatic heterocycles. The molecule has 1 amide bonds. The van der Waals surface area contributed by atoms with E-state index in [1.54, 1.807) is 14.2 Å². The summed E-state index contributed by atoms with van der Waals surface area (Å²) in [5.74, 6) is 1.97. The van der Waals surface area contributed by atoms with Crippen molar-refractivity contribution in [2.45, 2.75) is 50.3 Å². The lowest BCUT2D eigenvalue weighted by Crippen LogP contribution is -2.62. The number of hydrogen-bond donors (Lipinski definition) is 0. The molecule has 0 spiro atoms. The Labute approximate surface area is 156 Å². The third-order valence-corrected chi connectivity index (χ3v) is 6.82. The minimum atomic E-state index is -0.772. The molecule has 5 nitrogen and oxygen atoms in total. The van der Waals surface area contributed by atoms with Crippen LogP contribution in [0.4, 0.5) is 0 Å². The first-order valence-corrected chi connectivity index (χ1v) is 9.70. The molecule has 2 bridgehead atoms. The van der Waals surface area contributed by atoms with E-state index in [4.69, 9.17) is 9.47 Å². The first-order chi connectivity index (χ1) is 12.5. The van der Waals surface area contributed by atoms with Gasteiger partial charge in [-0.05, 0) is 63.4 Å². The molecule has 1 aromatic carbocycles. The van der Waals surface area contributed by atoms with E-state index in [1.165, 1.54) is 18.4 Å². The number of carbonyl (C=O) groups excluding carboxylic acids is 1. The third-order valence-electron chi connectivity index (χ3n) is 6.82. The molecule has 4 heterocycles. The third kappa shape index (κ3) is 2.72. The highest BCUT2D eigenvalue weighted by molar-refractivity contribution is 5.85. The number of rotatable bonds is 4. The largest absolute Gasteiger partial charge is 0.497 e. The summed E-state index contributed by atoms with van der Waals surface area (Å²) >= 11 is 0. The molecule has 142 valence electrons. The molecule has 1 aromatic rings. The molecule has 5 heteroatoms. The van der Waals surface area contributed by atoms with Gasteiger partial charge in [0.25, 0.3) is 5.91 Å². The topological polar surface area (TPSA) is 42.0 Å². The summed E-state index contributed by atoms with van der Waals surface area (Å²) in [5.41, 5.74) is 0.532. The van der Waals surface area contributed by atoms with Gasteiger partial charge in [-0.15, -0.1) is 0 Å². The molecule has 4 fully saturated rings. The predicted molar refractivity (Wildman–Crippen MR) is 100 cm³/mol. The quantitative estimate of drug-likeness (QED) is 0.829. The number of hydrogen-bond acceptors (Lipinski definition) is 4. The van der Waals surface area contributed by atoms with E-state index in [0.717, 1.165) is 25.4 Å². The van der Waals surface area contributed by atoms with Gasteiger partial charge >= 0.3 is 0 Å². The van der Waals surface area contributed by atoms with E-state index < -0.39 is 5.60 Å². The van der Waals surface area contributed by atoms with Gasteiger partial charge in [-0.2, -0.15) is 0 Å². The Morgan fingerprint density at radius 1 is 1.08 bits per heavy atom. The zero-order valence-corrected chi connectivity index (χ0v) is 16.3. The summed E-state index contributed by atoms with van der Waals surface area (Å²) in [6.45, 7) is 6.86. The molecule has 4 aliphatic heterocycles. The number of amides is 1. The number of fused-ring (bicyclic) bond motifs is 2. The van der Waals surface area contributed by atoms with Gasteiger partial charge in [0.1, 0.15) is 11.4 Å². The van der Waals surface area contributed by atoms with Gasteiger partial charge in [0, 0.05) is 25.6 Å². The normalized spacial score (nSPS) is 33.2. The van der Waals surface area contributed by atoms with Gasteiger partial charge in [-0.25, -0.2) is 0 Å². The fourth-order valence-electron chi connectivity index (χ4n) is 5.23. The van der Waals surface area contributed by atoms with Crippen molar-refractivity contribution >= 4 is 5.91 Å². The smallest absolute Gasteiger partial charge is 0.254 e. The lowest BCUT2D eigenvalue weighted by molar-refractivity contribution is -0.155. The standard InChI is InChI=1S/C21H30N2O3/c1-21(2,26-4)20(24)23-13-17(14-5-7-16(25-3)8-6-14)19-18(23)15-9-11-22(19)12-10-15/h5-8,15,17-19H,9-13H2,1-4H3/t17-,18+,19+/m0/s1. The molecule has 5 rings (SSSR count). The van der Waals surface area contributed by atoms with Crippen LogP contribution >= 0.6 is 0 Å². The van der Waals surface area contributed by atoms with Crippen LogP contribution in [-0.2, 0) is 9.53 Å². The van der Waals surface area contributed by atoms with Crippen molar-refractivity contribution in [2.24, 2.45) is 5.92 Å². The summed E-state index contributed by atoms with van der Waals surface area (Å²) in [6, 6.07) is 9.13. The molecule has 0 radical (unpaired) electrons. The zero-order valence-electron chi connectivity index (χ0n) is 16.3. The van der Waals surface area contributed by atoms with Crippen LogP contribution in [-0.4, -0.2) is 67.2 Å². The second-order valence-electron chi connectivity index (χ2n) is 8.41. The summed E-state index contributed by atoms with van der Waals surface area (Å²) in [6.07, 6.45) is 2.40. The zero-order chi connectivity index (χ0) is 18.5. The van der Waals surface area contributed by atoms with Crippen LogP contribution in [0.1, 0.15) is 38.2 Å².